The van der Waals surface area contributed by atoms with E-state index in [1.807, 2.05) is 19.0 Å². The standard InChI is InChI=1S/C12H22N4O/c1-16(2)9-11-14-12(17-15-11)6-5-10-4-3-7-13-8-10/h10,13H,3-9H2,1-2H3. The van der Waals surface area contributed by atoms with E-state index in [9.17, 15) is 0 Å². The summed E-state index contributed by atoms with van der Waals surface area (Å²) < 4.78 is 5.25. The second-order valence-electron chi connectivity index (χ2n) is 5.09. The minimum atomic E-state index is 0.745. The SMILES string of the molecule is CN(C)Cc1noc(CCC2CCCNC2)n1. The molecule has 1 fully saturated rings. The minimum absolute atomic E-state index is 0.745. The zero-order chi connectivity index (χ0) is 12.1. The molecule has 0 radical (unpaired) electrons. The van der Waals surface area contributed by atoms with Gasteiger partial charge in [-0.3, -0.25) is 0 Å². The number of aromatic nitrogens is 2. The van der Waals surface area contributed by atoms with Gasteiger partial charge in [-0.05, 0) is 52.4 Å². The van der Waals surface area contributed by atoms with Gasteiger partial charge in [-0.2, -0.15) is 4.98 Å². The maximum Gasteiger partial charge on any atom is 0.226 e. The summed E-state index contributed by atoms with van der Waals surface area (Å²) in [7, 11) is 4.01. The predicted molar refractivity (Wildman–Crippen MR) is 65.6 cm³/mol. The van der Waals surface area contributed by atoms with Gasteiger partial charge in [0.05, 0.1) is 6.54 Å². The first-order valence-electron chi connectivity index (χ1n) is 6.41. The van der Waals surface area contributed by atoms with E-state index in [1.54, 1.807) is 0 Å². The Kier molecular flexibility index (Phi) is 4.50. The second-order valence-corrected chi connectivity index (χ2v) is 5.09. The molecule has 1 atom stereocenters. The van der Waals surface area contributed by atoms with Gasteiger partial charge >= 0.3 is 0 Å². The lowest BCUT2D eigenvalue weighted by molar-refractivity contribution is 0.321. The van der Waals surface area contributed by atoms with Crippen LogP contribution in [0.15, 0.2) is 4.52 Å². The van der Waals surface area contributed by atoms with Crippen LogP contribution < -0.4 is 5.32 Å². The molecule has 96 valence electrons. The molecule has 0 saturated carbocycles. The molecule has 1 aromatic rings. The van der Waals surface area contributed by atoms with Crippen molar-refractivity contribution in [3.63, 3.8) is 0 Å². The summed E-state index contributed by atoms with van der Waals surface area (Å²) in [6, 6.07) is 0. The van der Waals surface area contributed by atoms with E-state index in [0.29, 0.717) is 0 Å². The molecule has 1 aliphatic heterocycles. The molecule has 1 aliphatic rings. The normalized spacial score (nSPS) is 21.0. The largest absolute Gasteiger partial charge is 0.339 e. The highest BCUT2D eigenvalue weighted by Crippen LogP contribution is 2.16. The average Bonchev–Trinajstić information content (AvgIpc) is 2.75. The van der Waals surface area contributed by atoms with Gasteiger partial charge in [0.25, 0.3) is 0 Å². The molecule has 0 aromatic carbocycles. The van der Waals surface area contributed by atoms with Crippen molar-refractivity contribution in [1.82, 2.24) is 20.4 Å². The zero-order valence-corrected chi connectivity index (χ0v) is 10.8. The maximum absolute atomic E-state index is 5.25. The molecule has 5 heteroatoms. The molecular formula is C12H22N4O. The lowest BCUT2D eigenvalue weighted by Crippen LogP contribution is -2.29. The van der Waals surface area contributed by atoms with Crippen molar-refractivity contribution in [2.45, 2.75) is 32.2 Å². The summed E-state index contributed by atoms with van der Waals surface area (Å²) >= 11 is 0. The lowest BCUT2D eigenvalue weighted by Gasteiger charge is -2.21. The van der Waals surface area contributed by atoms with E-state index in [0.717, 1.165) is 43.6 Å². The molecule has 0 amide bonds. The first-order chi connectivity index (χ1) is 8.24. The molecule has 1 unspecified atom stereocenters. The van der Waals surface area contributed by atoms with Gasteiger partial charge < -0.3 is 14.7 Å². The van der Waals surface area contributed by atoms with Gasteiger partial charge in [-0.25, -0.2) is 0 Å². The van der Waals surface area contributed by atoms with Crippen LogP contribution in [0.25, 0.3) is 0 Å². The Morgan fingerprint density at radius 2 is 2.35 bits per heavy atom. The number of nitrogens with zero attached hydrogens (tertiary/aromatic N) is 3. The molecule has 0 bridgehead atoms. The topological polar surface area (TPSA) is 54.2 Å². The molecule has 0 spiro atoms. The summed E-state index contributed by atoms with van der Waals surface area (Å²) in [6.45, 7) is 3.05. The Morgan fingerprint density at radius 1 is 1.47 bits per heavy atom. The Labute approximate surface area is 103 Å². The highest BCUT2D eigenvalue weighted by molar-refractivity contribution is 4.87. The quantitative estimate of drug-likeness (QED) is 0.831. The number of nitrogens with one attached hydrogen (secondary N) is 1. The van der Waals surface area contributed by atoms with E-state index in [2.05, 4.69) is 15.5 Å². The summed E-state index contributed by atoms with van der Waals surface area (Å²) in [6.07, 6.45) is 4.68. The number of piperidine rings is 1. The fraction of sp³-hybridized carbons (Fsp3) is 0.833. The molecule has 5 nitrogen and oxygen atoms in total. The Morgan fingerprint density at radius 3 is 3.06 bits per heavy atom. The summed E-state index contributed by atoms with van der Waals surface area (Å²) in [5.41, 5.74) is 0. The molecule has 0 aliphatic carbocycles. The fourth-order valence-corrected chi connectivity index (χ4v) is 2.24. The zero-order valence-electron chi connectivity index (χ0n) is 10.8. The van der Waals surface area contributed by atoms with Crippen LogP contribution in [-0.4, -0.2) is 42.2 Å². The molecule has 1 aromatic heterocycles. The number of hydrogen-bond acceptors (Lipinski definition) is 5. The number of hydrogen-bond donors (Lipinski definition) is 1. The van der Waals surface area contributed by atoms with Crippen molar-refractivity contribution in [3.05, 3.63) is 11.7 Å². The first-order valence-corrected chi connectivity index (χ1v) is 6.41. The van der Waals surface area contributed by atoms with Crippen molar-refractivity contribution in [1.29, 1.82) is 0 Å². The Balaban J connectivity index is 1.76. The minimum Gasteiger partial charge on any atom is -0.339 e. The van der Waals surface area contributed by atoms with Crippen LogP contribution in [0.3, 0.4) is 0 Å². The van der Waals surface area contributed by atoms with Crippen molar-refractivity contribution in [2.24, 2.45) is 5.92 Å². The molecule has 1 saturated heterocycles. The summed E-state index contributed by atoms with van der Waals surface area (Å²) in [4.78, 5) is 6.44. The van der Waals surface area contributed by atoms with Crippen molar-refractivity contribution in [3.8, 4) is 0 Å². The van der Waals surface area contributed by atoms with Crippen LogP contribution >= 0.6 is 0 Å². The van der Waals surface area contributed by atoms with Gasteiger partial charge in [0.15, 0.2) is 5.82 Å². The second kappa shape index (κ2) is 6.12. The highest BCUT2D eigenvalue weighted by Gasteiger charge is 2.14. The Hall–Kier alpha value is -0.940. The molecule has 2 heterocycles. The molecule has 2 rings (SSSR count). The smallest absolute Gasteiger partial charge is 0.226 e. The average molecular weight is 238 g/mol. The third-order valence-corrected chi connectivity index (χ3v) is 3.13. The first kappa shape index (κ1) is 12.5. The van der Waals surface area contributed by atoms with E-state index >= 15 is 0 Å². The fourth-order valence-electron chi connectivity index (χ4n) is 2.24. The van der Waals surface area contributed by atoms with Gasteiger partial charge in [-0.15, -0.1) is 0 Å². The van der Waals surface area contributed by atoms with E-state index in [-0.39, 0.29) is 0 Å². The summed E-state index contributed by atoms with van der Waals surface area (Å²) in [5.74, 6) is 2.34. The van der Waals surface area contributed by atoms with Crippen LogP contribution in [0.1, 0.15) is 31.0 Å². The monoisotopic (exact) mass is 238 g/mol. The third-order valence-electron chi connectivity index (χ3n) is 3.13. The highest BCUT2D eigenvalue weighted by atomic mass is 16.5. The van der Waals surface area contributed by atoms with Gasteiger partial charge in [0.1, 0.15) is 0 Å². The van der Waals surface area contributed by atoms with Crippen LogP contribution in [0.5, 0.6) is 0 Å². The third kappa shape index (κ3) is 4.09. The van der Waals surface area contributed by atoms with Gasteiger partial charge in [-0.1, -0.05) is 5.16 Å². The maximum atomic E-state index is 5.25. The van der Waals surface area contributed by atoms with Crippen molar-refractivity contribution >= 4 is 0 Å². The van der Waals surface area contributed by atoms with Crippen LogP contribution in [0.2, 0.25) is 0 Å². The summed E-state index contributed by atoms with van der Waals surface area (Å²) in [5, 5.41) is 7.41. The van der Waals surface area contributed by atoms with Crippen LogP contribution in [-0.2, 0) is 13.0 Å². The van der Waals surface area contributed by atoms with Crippen LogP contribution in [0, 0.1) is 5.92 Å². The number of aryl methyl sites for hydroxylation is 1. The van der Waals surface area contributed by atoms with Crippen molar-refractivity contribution in [2.75, 3.05) is 27.2 Å². The number of rotatable bonds is 5. The van der Waals surface area contributed by atoms with E-state index in [4.69, 9.17) is 4.52 Å². The van der Waals surface area contributed by atoms with Gasteiger partial charge in [0, 0.05) is 6.42 Å². The lowest BCUT2D eigenvalue weighted by atomic mass is 9.95. The van der Waals surface area contributed by atoms with E-state index < -0.39 is 0 Å². The van der Waals surface area contributed by atoms with Gasteiger partial charge in [0.2, 0.25) is 5.89 Å². The molecule has 17 heavy (non-hydrogen) atoms. The van der Waals surface area contributed by atoms with E-state index in [1.165, 1.54) is 19.4 Å². The Bertz CT molecular complexity index is 331. The molecular weight excluding hydrogens is 216 g/mol. The van der Waals surface area contributed by atoms with Crippen molar-refractivity contribution < 1.29 is 4.52 Å². The van der Waals surface area contributed by atoms with Crippen LogP contribution in [0.4, 0.5) is 0 Å². The molecule has 1 N–H and O–H groups in total. The predicted octanol–water partition coefficient (Wildman–Crippen LogP) is 1.06.